The predicted molar refractivity (Wildman–Crippen MR) is 59.3 cm³/mol. The molecule has 0 radical (unpaired) electrons. The maximum atomic E-state index is 3.78. The van der Waals surface area contributed by atoms with Crippen LogP contribution >= 0.6 is 11.8 Å². The van der Waals surface area contributed by atoms with Gasteiger partial charge in [0, 0.05) is 11.4 Å². The summed E-state index contributed by atoms with van der Waals surface area (Å²) in [4.78, 5) is 3.75. The van der Waals surface area contributed by atoms with Crippen molar-refractivity contribution in [2.45, 2.75) is 17.2 Å². The molecule has 0 fully saturated rings. The molecule has 1 aliphatic heterocycles. The summed E-state index contributed by atoms with van der Waals surface area (Å²) in [6.45, 7) is 6.95. The zero-order valence-corrected chi connectivity index (χ0v) is 8.55. The molecule has 68 valence electrons. The van der Waals surface area contributed by atoms with Gasteiger partial charge in [0.15, 0.2) is 0 Å². The summed E-state index contributed by atoms with van der Waals surface area (Å²) < 4.78 is 0. The van der Waals surface area contributed by atoms with E-state index in [4.69, 9.17) is 0 Å². The number of nitrogens with zero attached hydrogens (tertiary/aromatic N) is 1. The van der Waals surface area contributed by atoms with Crippen molar-refractivity contribution in [3.63, 3.8) is 0 Å². The highest BCUT2D eigenvalue weighted by Crippen LogP contribution is 2.42. The maximum absolute atomic E-state index is 3.78. The van der Waals surface area contributed by atoms with Crippen LogP contribution in [-0.2, 0) is 0 Å². The molecule has 0 amide bonds. The molecule has 0 saturated heterocycles. The van der Waals surface area contributed by atoms with E-state index in [0.29, 0.717) is 5.37 Å². The van der Waals surface area contributed by atoms with Crippen molar-refractivity contribution in [3.8, 4) is 0 Å². The number of benzene rings is 1. The third kappa shape index (κ3) is 1.46. The second kappa shape index (κ2) is 3.46. The van der Waals surface area contributed by atoms with E-state index in [0.717, 1.165) is 6.54 Å². The molecule has 0 aromatic heterocycles. The lowest BCUT2D eigenvalue weighted by Crippen LogP contribution is -2.26. The lowest BCUT2D eigenvalue weighted by Gasteiger charge is -2.21. The molecule has 1 atom stereocenters. The van der Waals surface area contributed by atoms with Crippen LogP contribution in [0.3, 0.4) is 0 Å². The van der Waals surface area contributed by atoms with Crippen molar-refractivity contribution in [1.29, 1.82) is 0 Å². The Kier molecular flexibility index (Phi) is 2.32. The van der Waals surface area contributed by atoms with Gasteiger partial charge in [0.1, 0.15) is 0 Å². The van der Waals surface area contributed by atoms with Gasteiger partial charge in [-0.2, -0.15) is 0 Å². The first-order chi connectivity index (χ1) is 6.33. The van der Waals surface area contributed by atoms with Crippen molar-refractivity contribution in [2.24, 2.45) is 0 Å². The Morgan fingerprint density at radius 3 is 3.08 bits per heavy atom. The zero-order valence-electron chi connectivity index (χ0n) is 7.73. The highest BCUT2D eigenvalue weighted by atomic mass is 32.2. The first-order valence-corrected chi connectivity index (χ1v) is 5.34. The van der Waals surface area contributed by atoms with Crippen LogP contribution in [0.2, 0.25) is 0 Å². The van der Waals surface area contributed by atoms with Gasteiger partial charge in [-0.25, -0.2) is 0 Å². The first kappa shape index (κ1) is 8.70. The topological polar surface area (TPSA) is 3.24 Å². The van der Waals surface area contributed by atoms with E-state index in [9.17, 15) is 0 Å². The maximum Gasteiger partial charge on any atom is 0.0773 e. The average molecular weight is 191 g/mol. The molecule has 0 N–H and O–H groups in total. The van der Waals surface area contributed by atoms with Crippen molar-refractivity contribution >= 4 is 17.4 Å². The van der Waals surface area contributed by atoms with E-state index in [1.807, 2.05) is 17.8 Å². The molecule has 0 spiro atoms. The van der Waals surface area contributed by atoms with E-state index in [-0.39, 0.29) is 0 Å². The molecule has 1 aromatic carbocycles. The Balaban J connectivity index is 2.34. The molecular weight excluding hydrogens is 178 g/mol. The average Bonchev–Trinajstić information content (AvgIpc) is 2.44. The van der Waals surface area contributed by atoms with Gasteiger partial charge in [-0.15, -0.1) is 6.58 Å². The minimum absolute atomic E-state index is 0.537. The second-order valence-electron chi connectivity index (χ2n) is 3.13. The van der Waals surface area contributed by atoms with Gasteiger partial charge >= 0.3 is 0 Å². The molecule has 13 heavy (non-hydrogen) atoms. The molecule has 1 aromatic rings. The van der Waals surface area contributed by atoms with Crippen molar-refractivity contribution in [3.05, 3.63) is 36.9 Å². The van der Waals surface area contributed by atoms with Gasteiger partial charge in [0.2, 0.25) is 0 Å². The van der Waals surface area contributed by atoms with Crippen LogP contribution in [0.4, 0.5) is 5.69 Å². The molecule has 1 heterocycles. The Bertz CT molecular complexity index is 322. The van der Waals surface area contributed by atoms with E-state index < -0.39 is 0 Å². The van der Waals surface area contributed by atoms with Crippen LogP contribution in [0.5, 0.6) is 0 Å². The van der Waals surface area contributed by atoms with E-state index in [1.165, 1.54) is 10.6 Å². The smallest absolute Gasteiger partial charge is 0.0773 e. The molecular formula is C11H13NS. The molecule has 1 unspecified atom stereocenters. The fourth-order valence-corrected chi connectivity index (χ4v) is 2.78. The number of hydrogen-bond donors (Lipinski definition) is 0. The summed E-state index contributed by atoms with van der Waals surface area (Å²) in [6.07, 6.45) is 1.96. The van der Waals surface area contributed by atoms with Crippen LogP contribution in [0.15, 0.2) is 41.8 Å². The summed E-state index contributed by atoms with van der Waals surface area (Å²) in [5, 5.41) is 0.537. The predicted octanol–water partition coefficient (Wildman–Crippen LogP) is 3.13. The monoisotopic (exact) mass is 191 g/mol. The Morgan fingerprint density at radius 2 is 2.31 bits per heavy atom. The van der Waals surface area contributed by atoms with Gasteiger partial charge < -0.3 is 4.90 Å². The fourth-order valence-electron chi connectivity index (χ4n) is 1.62. The molecule has 0 aliphatic carbocycles. The van der Waals surface area contributed by atoms with Gasteiger partial charge in [-0.05, 0) is 19.1 Å². The number of fused-ring (bicyclic) bond motifs is 1. The van der Waals surface area contributed by atoms with Crippen molar-refractivity contribution in [1.82, 2.24) is 0 Å². The third-order valence-electron chi connectivity index (χ3n) is 2.24. The van der Waals surface area contributed by atoms with E-state index in [2.05, 4.69) is 42.7 Å². The normalized spacial score (nSPS) is 20.1. The molecule has 0 saturated carbocycles. The Hall–Kier alpha value is -0.890. The molecule has 2 rings (SSSR count). The van der Waals surface area contributed by atoms with Crippen LogP contribution in [0.1, 0.15) is 6.92 Å². The van der Waals surface area contributed by atoms with Crippen LogP contribution in [-0.4, -0.2) is 11.9 Å². The molecule has 1 nitrogen and oxygen atoms in total. The largest absolute Gasteiger partial charge is 0.355 e. The molecule has 0 bridgehead atoms. The third-order valence-corrected chi connectivity index (χ3v) is 3.43. The SMILES string of the molecule is C=CCN1c2ccccc2SC1C. The minimum Gasteiger partial charge on any atom is -0.355 e. The summed E-state index contributed by atoms with van der Waals surface area (Å²) in [5.41, 5.74) is 1.35. The number of rotatable bonds is 2. The zero-order chi connectivity index (χ0) is 9.26. The summed E-state index contributed by atoms with van der Waals surface area (Å²) >= 11 is 1.92. The summed E-state index contributed by atoms with van der Waals surface area (Å²) in [7, 11) is 0. The van der Waals surface area contributed by atoms with Crippen molar-refractivity contribution < 1.29 is 0 Å². The molecule has 1 aliphatic rings. The number of para-hydroxylation sites is 1. The number of thioether (sulfide) groups is 1. The highest BCUT2D eigenvalue weighted by Gasteiger charge is 2.24. The Morgan fingerprint density at radius 1 is 1.54 bits per heavy atom. The quantitative estimate of drug-likeness (QED) is 0.661. The van der Waals surface area contributed by atoms with E-state index >= 15 is 0 Å². The van der Waals surface area contributed by atoms with Gasteiger partial charge in [-0.1, -0.05) is 30.0 Å². The van der Waals surface area contributed by atoms with Gasteiger partial charge in [0.05, 0.1) is 11.1 Å². The van der Waals surface area contributed by atoms with Crippen molar-refractivity contribution in [2.75, 3.05) is 11.4 Å². The summed E-state index contributed by atoms with van der Waals surface area (Å²) in [6, 6.07) is 8.54. The van der Waals surface area contributed by atoms with Gasteiger partial charge in [0.25, 0.3) is 0 Å². The number of anilines is 1. The minimum atomic E-state index is 0.537. The van der Waals surface area contributed by atoms with Gasteiger partial charge in [-0.3, -0.25) is 0 Å². The Labute approximate surface area is 83.4 Å². The lowest BCUT2D eigenvalue weighted by molar-refractivity contribution is 0.869. The van der Waals surface area contributed by atoms with Crippen LogP contribution < -0.4 is 4.90 Å². The highest BCUT2D eigenvalue weighted by molar-refractivity contribution is 8.00. The van der Waals surface area contributed by atoms with Crippen LogP contribution in [0.25, 0.3) is 0 Å². The standard InChI is InChI=1S/C11H13NS/c1-3-8-12-9(2)13-11-7-5-4-6-10(11)12/h3-7,9H,1,8H2,2H3. The molecule has 2 heteroatoms. The van der Waals surface area contributed by atoms with Crippen LogP contribution in [0, 0.1) is 0 Å². The fraction of sp³-hybridized carbons (Fsp3) is 0.273. The number of hydrogen-bond acceptors (Lipinski definition) is 2. The first-order valence-electron chi connectivity index (χ1n) is 4.46. The van der Waals surface area contributed by atoms with E-state index in [1.54, 1.807) is 0 Å². The second-order valence-corrected chi connectivity index (χ2v) is 4.48. The lowest BCUT2D eigenvalue weighted by atomic mass is 10.3. The summed E-state index contributed by atoms with van der Waals surface area (Å²) in [5.74, 6) is 0.